The van der Waals surface area contributed by atoms with Crippen molar-refractivity contribution < 1.29 is 4.39 Å². The molecule has 4 rings (SSSR count). The van der Waals surface area contributed by atoms with Gasteiger partial charge in [-0.05, 0) is 111 Å². The average molecular weight is 371 g/mol. The molecule has 0 atom stereocenters. The van der Waals surface area contributed by atoms with Crippen molar-refractivity contribution in [2.24, 2.45) is 29.6 Å². The average Bonchev–Trinajstić information content (AvgIpc) is 2.75. The fraction of sp³-hybridized carbons (Fsp3) is 0.769. The molecule has 0 unspecified atom stereocenters. The quantitative estimate of drug-likeness (QED) is 0.502. The molecule has 3 aliphatic rings. The van der Waals surface area contributed by atoms with E-state index in [1.54, 1.807) is 0 Å². The number of hydrogen-bond donors (Lipinski definition) is 0. The minimum absolute atomic E-state index is 0.338. The van der Waals surface area contributed by atoms with Crippen molar-refractivity contribution in [3.8, 4) is 0 Å². The van der Waals surface area contributed by atoms with Crippen molar-refractivity contribution in [1.82, 2.24) is 0 Å². The van der Waals surface area contributed by atoms with Crippen molar-refractivity contribution in [2.45, 2.75) is 96.6 Å². The van der Waals surface area contributed by atoms with Gasteiger partial charge in [0.15, 0.2) is 0 Å². The lowest BCUT2D eigenvalue weighted by molar-refractivity contribution is 0.112. The highest BCUT2D eigenvalue weighted by Gasteiger charge is 2.34. The van der Waals surface area contributed by atoms with E-state index in [0.29, 0.717) is 0 Å². The van der Waals surface area contributed by atoms with Crippen LogP contribution >= 0.6 is 0 Å². The van der Waals surface area contributed by atoms with E-state index in [1.807, 2.05) is 12.1 Å². The maximum absolute atomic E-state index is 12.7. The Morgan fingerprint density at radius 2 is 1.04 bits per heavy atom. The zero-order valence-electron chi connectivity index (χ0n) is 17.3. The molecule has 1 aromatic rings. The van der Waals surface area contributed by atoms with E-state index in [0.717, 1.165) is 41.1 Å². The molecule has 1 aromatic carbocycles. The molecule has 3 fully saturated rings. The Balaban J connectivity index is 1.22. The normalized spacial score (nSPS) is 37.9. The molecule has 150 valence electrons. The molecule has 0 heterocycles. The summed E-state index contributed by atoms with van der Waals surface area (Å²) in [6, 6.07) is 8.32. The van der Waals surface area contributed by atoms with Gasteiger partial charge in [-0.3, -0.25) is 0 Å². The lowest BCUT2D eigenvalue weighted by Gasteiger charge is -2.41. The van der Waals surface area contributed by atoms with Crippen LogP contribution in [0.5, 0.6) is 0 Å². The fourth-order valence-electron chi connectivity index (χ4n) is 6.65. The molecule has 1 heteroatoms. The van der Waals surface area contributed by atoms with Crippen LogP contribution in [0.2, 0.25) is 0 Å². The van der Waals surface area contributed by atoms with Gasteiger partial charge < -0.3 is 0 Å². The number of alkyl halides is 1. The second kappa shape index (κ2) is 9.10. The molecular formula is C26H39F. The Hall–Kier alpha value is -0.850. The van der Waals surface area contributed by atoms with Crippen LogP contribution in [0.15, 0.2) is 24.3 Å². The zero-order valence-corrected chi connectivity index (χ0v) is 17.3. The van der Waals surface area contributed by atoms with Gasteiger partial charge >= 0.3 is 0 Å². The smallest absolute Gasteiger partial charge is 0.115 e. The molecule has 0 bridgehead atoms. The predicted molar refractivity (Wildman–Crippen MR) is 113 cm³/mol. The van der Waals surface area contributed by atoms with Gasteiger partial charge in [-0.15, -0.1) is 0 Å². The van der Waals surface area contributed by atoms with Crippen molar-refractivity contribution in [3.05, 3.63) is 35.4 Å². The maximum Gasteiger partial charge on any atom is 0.115 e. The Labute approximate surface area is 166 Å². The third-order valence-corrected chi connectivity index (χ3v) is 8.59. The topological polar surface area (TPSA) is 0 Å². The molecule has 0 spiro atoms. The van der Waals surface area contributed by atoms with Gasteiger partial charge in [0.05, 0.1) is 0 Å². The summed E-state index contributed by atoms with van der Waals surface area (Å²) in [4.78, 5) is 0. The van der Waals surface area contributed by atoms with Gasteiger partial charge in [0.1, 0.15) is 6.67 Å². The Kier molecular flexibility index (Phi) is 6.56. The van der Waals surface area contributed by atoms with Crippen LogP contribution in [-0.2, 0) is 6.67 Å². The Morgan fingerprint density at radius 1 is 0.630 bits per heavy atom. The van der Waals surface area contributed by atoms with Crippen LogP contribution in [0.25, 0.3) is 0 Å². The van der Waals surface area contributed by atoms with Gasteiger partial charge in [0.25, 0.3) is 0 Å². The second-order valence-electron chi connectivity index (χ2n) is 10.2. The van der Waals surface area contributed by atoms with Gasteiger partial charge in [0, 0.05) is 0 Å². The second-order valence-corrected chi connectivity index (χ2v) is 10.2. The fourth-order valence-corrected chi connectivity index (χ4v) is 6.65. The predicted octanol–water partition coefficient (Wildman–Crippen LogP) is 8.06. The first-order valence-corrected chi connectivity index (χ1v) is 11.9. The van der Waals surface area contributed by atoms with E-state index < -0.39 is 0 Å². The minimum Gasteiger partial charge on any atom is -0.246 e. The molecule has 0 radical (unpaired) electrons. The summed E-state index contributed by atoms with van der Waals surface area (Å²) in [6.45, 7) is 2.11. The standard InChI is InChI=1S/C26H39F/c1-19-2-6-21(7-3-19)23-10-14-25(15-11-23)26-16-12-24(13-17-26)22-8-4-20(18-27)5-9-22/h4-5,8-9,19,21,23-26H,2-3,6-7,10-18H2,1H3. The molecular weight excluding hydrogens is 331 g/mol. The molecule has 27 heavy (non-hydrogen) atoms. The van der Waals surface area contributed by atoms with Crippen LogP contribution in [0.1, 0.15) is 101 Å². The lowest BCUT2D eigenvalue weighted by atomic mass is 9.65. The number of hydrogen-bond acceptors (Lipinski definition) is 0. The summed E-state index contributed by atoms with van der Waals surface area (Å²) < 4.78 is 12.7. The van der Waals surface area contributed by atoms with Gasteiger partial charge in [-0.25, -0.2) is 4.39 Å². The first kappa shape index (κ1) is 19.5. The van der Waals surface area contributed by atoms with Crippen LogP contribution in [-0.4, -0.2) is 0 Å². The first-order chi connectivity index (χ1) is 13.2. The van der Waals surface area contributed by atoms with Gasteiger partial charge in [-0.1, -0.05) is 44.0 Å². The Morgan fingerprint density at radius 3 is 1.48 bits per heavy atom. The monoisotopic (exact) mass is 370 g/mol. The van der Waals surface area contributed by atoms with Gasteiger partial charge in [-0.2, -0.15) is 0 Å². The summed E-state index contributed by atoms with van der Waals surface area (Å²) in [6.07, 6.45) is 17.6. The molecule has 0 saturated heterocycles. The van der Waals surface area contributed by atoms with E-state index >= 15 is 0 Å². The minimum atomic E-state index is -0.338. The maximum atomic E-state index is 12.7. The highest BCUT2D eigenvalue weighted by molar-refractivity contribution is 5.25. The van der Waals surface area contributed by atoms with Crippen LogP contribution in [0, 0.1) is 29.6 Å². The summed E-state index contributed by atoms with van der Waals surface area (Å²) in [5.74, 6) is 5.82. The number of benzene rings is 1. The zero-order chi connectivity index (χ0) is 18.6. The highest BCUT2D eigenvalue weighted by atomic mass is 19.1. The largest absolute Gasteiger partial charge is 0.246 e. The number of halogens is 1. The number of rotatable bonds is 4. The first-order valence-electron chi connectivity index (χ1n) is 11.9. The third-order valence-electron chi connectivity index (χ3n) is 8.59. The summed E-state index contributed by atoms with van der Waals surface area (Å²) in [5.41, 5.74) is 2.26. The van der Waals surface area contributed by atoms with E-state index in [9.17, 15) is 4.39 Å². The molecule has 0 amide bonds. The van der Waals surface area contributed by atoms with Crippen molar-refractivity contribution in [1.29, 1.82) is 0 Å². The van der Waals surface area contributed by atoms with Crippen LogP contribution < -0.4 is 0 Å². The summed E-state index contributed by atoms with van der Waals surface area (Å²) >= 11 is 0. The molecule has 3 saturated carbocycles. The van der Waals surface area contributed by atoms with Gasteiger partial charge in [0.2, 0.25) is 0 Å². The van der Waals surface area contributed by atoms with E-state index in [-0.39, 0.29) is 6.67 Å². The molecule has 0 N–H and O–H groups in total. The highest BCUT2D eigenvalue weighted by Crippen LogP contribution is 2.47. The third kappa shape index (κ3) is 4.77. The van der Waals surface area contributed by atoms with Crippen LogP contribution in [0.3, 0.4) is 0 Å². The van der Waals surface area contributed by atoms with Crippen molar-refractivity contribution in [3.63, 3.8) is 0 Å². The SMILES string of the molecule is CC1CCC(C2CCC(C3CCC(c4ccc(CF)cc4)CC3)CC2)CC1. The molecule has 0 nitrogen and oxygen atoms in total. The van der Waals surface area contributed by atoms with Crippen LogP contribution in [0.4, 0.5) is 4.39 Å². The Bertz CT molecular complexity index is 552. The summed E-state index contributed by atoms with van der Waals surface area (Å²) in [7, 11) is 0. The van der Waals surface area contributed by atoms with Crippen molar-refractivity contribution >= 4 is 0 Å². The summed E-state index contributed by atoms with van der Waals surface area (Å²) in [5, 5.41) is 0. The van der Waals surface area contributed by atoms with Crippen molar-refractivity contribution in [2.75, 3.05) is 0 Å². The molecule has 0 aliphatic heterocycles. The molecule has 0 aromatic heterocycles. The molecule has 3 aliphatic carbocycles. The van der Waals surface area contributed by atoms with E-state index in [4.69, 9.17) is 0 Å². The lowest BCUT2D eigenvalue weighted by Crippen LogP contribution is -2.29. The van der Waals surface area contributed by atoms with E-state index in [1.165, 1.54) is 82.6 Å². The van der Waals surface area contributed by atoms with E-state index in [2.05, 4.69) is 19.1 Å².